The number of anilines is 1. The Morgan fingerprint density at radius 1 is 1.30 bits per heavy atom. The zero-order valence-corrected chi connectivity index (χ0v) is 14.0. The number of carbonyl (C=O) groups excluding carboxylic acids is 1. The molecule has 1 fully saturated rings. The average Bonchev–Trinajstić information content (AvgIpc) is 2.85. The molecule has 1 amide bonds. The summed E-state index contributed by atoms with van der Waals surface area (Å²) < 4.78 is 23.1. The lowest BCUT2D eigenvalue weighted by atomic mass is 10.1. The van der Waals surface area contributed by atoms with Gasteiger partial charge in [0.05, 0.1) is 16.4 Å². The van der Waals surface area contributed by atoms with E-state index in [2.05, 4.69) is 0 Å². The lowest BCUT2D eigenvalue weighted by Gasteiger charge is -2.23. The second-order valence-corrected chi connectivity index (χ2v) is 8.06. The molecule has 8 nitrogen and oxygen atoms in total. The van der Waals surface area contributed by atoms with Gasteiger partial charge >= 0.3 is 0 Å². The molecule has 1 aromatic carbocycles. The fraction of sp³-hybridized carbons (Fsp3) is 0.500. The summed E-state index contributed by atoms with van der Waals surface area (Å²) in [6.07, 6.45) is 0.391. The van der Waals surface area contributed by atoms with Gasteiger partial charge in [-0.05, 0) is 18.6 Å². The van der Waals surface area contributed by atoms with Gasteiger partial charge in [0.25, 0.3) is 11.6 Å². The number of hydrogen-bond acceptors (Lipinski definition) is 6. The van der Waals surface area contributed by atoms with Crippen LogP contribution in [0.25, 0.3) is 0 Å². The topological polar surface area (TPSA) is 101 Å². The van der Waals surface area contributed by atoms with Gasteiger partial charge in [0.1, 0.15) is 5.69 Å². The normalized spacial score (nSPS) is 19.3. The van der Waals surface area contributed by atoms with Crippen molar-refractivity contribution in [2.45, 2.75) is 12.5 Å². The van der Waals surface area contributed by atoms with Crippen LogP contribution >= 0.6 is 0 Å². The standard InChI is InChI=1S/C14H19N3O5S/c1-15(2)12-5-4-10(8-13(12)17(19)20)14(18)16(3)11-6-7-23(21,22)9-11/h4-5,8,11H,6-7,9H2,1-3H3. The van der Waals surface area contributed by atoms with Gasteiger partial charge in [-0.3, -0.25) is 14.9 Å². The number of nitrogens with zero attached hydrogens (tertiary/aromatic N) is 3. The number of benzene rings is 1. The van der Waals surface area contributed by atoms with E-state index in [9.17, 15) is 23.3 Å². The van der Waals surface area contributed by atoms with Crippen molar-refractivity contribution in [3.63, 3.8) is 0 Å². The van der Waals surface area contributed by atoms with Crippen molar-refractivity contribution in [3.8, 4) is 0 Å². The van der Waals surface area contributed by atoms with Crippen LogP contribution < -0.4 is 4.90 Å². The maximum Gasteiger partial charge on any atom is 0.293 e. The molecule has 0 aliphatic carbocycles. The predicted octanol–water partition coefficient (Wildman–Crippen LogP) is 0.920. The minimum atomic E-state index is -3.10. The Morgan fingerprint density at radius 2 is 1.96 bits per heavy atom. The molecule has 1 unspecified atom stereocenters. The second-order valence-electron chi connectivity index (χ2n) is 5.83. The van der Waals surface area contributed by atoms with Crippen LogP contribution in [0.5, 0.6) is 0 Å². The van der Waals surface area contributed by atoms with Gasteiger partial charge in [-0.2, -0.15) is 0 Å². The Kier molecular flexibility index (Phi) is 4.60. The van der Waals surface area contributed by atoms with Crippen molar-refractivity contribution in [2.75, 3.05) is 37.5 Å². The minimum absolute atomic E-state index is 0.0624. The molecule has 0 spiro atoms. The molecule has 2 rings (SSSR count). The van der Waals surface area contributed by atoms with Crippen LogP contribution in [0.1, 0.15) is 16.8 Å². The molecule has 0 aromatic heterocycles. The summed E-state index contributed by atoms with van der Waals surface area (Å²) in [5.41, 5.74) is 0.417. The fourth-order valence-electron chi connectivity index (χ4n) is 2.63. The molecule has 0 radical (unpaired) electrons. The lowest BCUT2D eigenvalue weighted by molar-refractivity contribution is -0.384. The van der Waals surface area contributed by atoms with E-state index in [1.54, 1.807) is 19.0 Å². The van der Waals surface area contributed by atoms with Crippen molar-refractivity contribution < 1.29 is 18.1 Å². The van der Waals surface area contributed by atoms with E-state index in [1.165, 1.54) is 30.1 Å². The third-order valence-corrected chi connectivity index (χ3v) is 5.73. The Balaban J connectivity index is 2.29. The zero-order valence-electron chi connectivity index (χ0n) is 13.2. The van der Waals surface area contributed by atoms with Gasteiger partial charge in [0, 0.05) is 38.8 Å². The van der Waals surface area contributed by atoms with Crippen LogP contribution in [0.15, 0.2) is 18.2 Å². The van der Waals surface area contributed by atoms with Crippen LogP contribution in [-0.2, 0) is 9.84 Å². The zero-order chi connectivity index (χ0) is 17.4. The quantitative estimate of drug-likeness (QED) is 0.596. The van der Waals surface area contributed by atoms with Crippen molar-refractivity contribution in [1.82, 2.24) is 4.90 Å². The number of nitro benzene ring substituents is 1. The third kappa shape index (κ3) is 3.61. The van der Waals surface area contributed by atoms with Crippen LogP contribution in [-0.4, -0.2) is 62.8 Å². The van der Waals surface area contributed by atoms with Crippen molar-refractivity contribution in [2.24, 2.45) is 0 Å². The molecule has 0 N–H and O–H groups in total. The number of sulfone groups is 1. The molecular formula is C14H19N3O5S. The molecular weight excluding hydrogens is 322 g/mol. The Bertz CT molecular complexity index is 745. The molecule has 1 aliphatic heterocycles. The fourth-order valence-corrected chi connectivity index (χ4v) is 4.41. The van der Waals surface area contributed by atoms with Crippen LogP contribution in [0.2, 0.25) is 0 Å². The van der Waals surface area contributed by atoms with Crippen molar-refractivity contribution >= 4 is 27.1 Å². The van der Waals surface area contributed by atoms with E-state index in [-0.39, 0.29) is 28.8 Å². The smallest absolute Gasteiger partial charge is 0.293 e. The molecule has 126 valence electrons. The highest BCUT2D eigenvalue weighted by molar-refractivity contribution is 7.91. The van der Waals surface area contributed by atoms with Gasteiger partial charge in [-0.1, -0.05) is 0 Å². The highest BCUT2D eigenvalue weighted by Crippen LogP contribution is 2.28. The molecule has 23 heavy (non-hydrogen) atoms. The number of hydrogen-bond donors (Lipinski definition) is 0. The summed E-state index contributed by atoms with van der Waals surface area (Å²) in [6, 6.07) is 3.88. The maximum absolute atomic E-state index is 12.5. The first kappa shape index (κ1) is 17.2. The maximum atomic E-state index is 12.5. The van der Waals surface area contributed by atoms with E-state index >= 15 is 0 Å². The molecule has 0 saturated carbocycles. The molecule has 1 atom stereocenters. The monoisotopic (exact) mass is 341 g/mol. The molecule has 1 saturated heterocycles. The number of rotatable bonds is 4. The first-order chi connectivity index (χ1) is 10.6. The summed E-state index contributed by atoms with van der Waals surface area (Å²) in [5, 5.41) is 11.2. The Morgan fingerprint density at radius 3 is 2.43 bits per heavy atom. The molecule has 1 aromatic rings. The van der Waals surface area contributed by atoms with Crippen LogP contribution in [0.3, 0.4) is 0 Å². The largest absolute Gasteiger partial charge is 0.372 e. The Hall–Kier alpha value is -2.16. The molecule has 0 bridgehead atoms. The Labute approximate surface area is 134 Å². The summed E-state index contributed by atoms with van der Waals surface area (Å²) in [6.45, 7) is 0. The van der Waals surface area contributed by atoms with E-state index in [0.717, 1.165) is 0 Å². The highest BCUT2D eigenvalue weighted by atomic mass is 32.2. The van der Waals surface area contributed by atoms with Crippen molar-refractivity contribution in [1.29, 1.82) is 0 Å². The number of nitro groups is 1. The van der Waals surface area contributed by atoms with E-state index < -0.39 is 20.7 Å². The lowest BCUT2D eigenvalue weighted by Crippen LogP contribution is -2.37. The van der Waals surface area contributed by atoms with Gasteiger partial charge in [0.2, 0.25) is 0 Å². The van der Waals surface area contributed by atoms with Crippen LogP contribution in [0.4, 0.5) is 11.4 Å². The third-order valence-electron chi connectivity index (χ3n) is 3.98. The second kappa shape index (κ2) is 6.15. The van der Waals surface area contributed by atoms with Gasteiger partial charge < -0.3 is 9.80 Å². The summed E-state index contributed by atoms with van der Waals surface area (Å²) in [5.74, 6) is -0.414. The van der Waals surface area contributed by atoms with Gasteiger partial charge in [0.15, 0.2) is 9.84 Å². The molecule has 1 aliphatic rings. The van der Waals surface area contributed by atoms with Gasteiger partial charge in [-0.25, -0.2) is 8.42 Å². The van der Waals surface area contributed by atoms with E-state index in [0.29, 0.717) is 12.1 Å². The number of amides is 1. The van der Waals surface area contributed by atoms with Gasteiger partial charge in [-0.15, -0.1) is 0 Å². The van der Waals surface area contributed by atoms with E-state index in [1.807, 2.05) is 0 Å². The molecule has 9 heteroatoms. The molecule has 1 heterocycles. The SMILES string of the molecule is CN(C)c1ccc(C(=O)N(C)C2CCS(=O)(=O)C2)cc1[N+](=O)[O-]. The summed E-state index contributed by atoms with van der Waals surface area (Å²) in [4.78, 5) is 26.1. The summed E-state index contributed by atoms with van der Waals surface area (Å²) in [7, 11) is 1.78. The number of carbonyl (C=O) groups is 1. The van der Waals surface area contributed by atoms with Crippen LogP contribution in [0, 0.1) is 10.1 Å². The average molecular weight is 341 g/mol. The summed E-state index contributed by atoms with van der Waals surface area (Å²) >= 11 is 0. The minimum Gasteiger partial charge on any atom is -0.372 e. The highest BCUT2D eigenvalue weighted by Gasteiger charge is 2.33. The first-order valence-electron chi connectivity index (χ1n) is 7.06. The predicted molar refractivity (Wildman–Crippen MR) is 86.6 cm³/mol. The first-order valence-corrected chi connectivity index (χ1v) is 8.88. The van der Waals surface area contributed by atoms with E-state index in [4.69, 9.17) is 0 Å². The van der Waals surface area contributed by atoms with Crippen molar-refractivity contribution in [3.05, 3.63) is 33.9 Å².